The fraction of sp³-hybridized carbons (Fsp3) is 0.333. The van der Waals surface area contributed by atoms with Gasteiger partial charge in [-0.25, -0.2) is 13.1 Å². The van der Waals surface area contributed by atoms with Gasteiger partial charge in [0.2, 0.25) is 15.9 Å². The fourth-order valence-electron chi connectivity index (χ4n) is 1.84. The van der Waals surface area contributed by atoms with Crippen LogP contribution in [0.25, 0.3) is 0 Å². The molecular formula is C12H13N3O5S. The summed E-state index contributed by atoms with van der Waals surface area (Å²) in [7, 11) is -3.70. The number of sulfonamides is 1. The van der Waals surface area contributed by atoms with Crippen LogP contribution in [0.15, 0.2) is 27.6 Å². The molecule has 8 nitrogen and oxygen atoms in total. The summed E-state index contributed by atoms with van der Waals surface area (Å²) in [4.78, 5) is 4.01. The van der Waals surface area contributed by atoms with E-state index in [1.165, 1.54) is 12.1 Å². The largest absolute Gasteiger partial charge is 0.486 e. The molecule has 0 atom stereocenters. The van der Waals surface area contributed by atoms with Crippen LogP contribution in [0, 0.1) is 6.92 Å². The molecule has 0 saturated heterocycles. The van der Waals surface area contributed by atoms with Crippen molar-refractivity contribution in [2.45, 2.75) is 18.4 Å². The van der Waals surface area contributed by atoms with Gasteiger partial charge in [-0.2, -0.15) is 4.98 Å². The van der Waals surface area contributed by atoms with Gasteiger partial charge in [0.05, 0.1) is 11.4 Å². The van der Waals surface area contributed by atoms with E-state index in [1.807, 2.05) is 0 Å². The number of nitrogens with one attached hydrogen (secondary N) is 1. The Bertz CT molecular complexity index is 756. The van der Waals surface area contributed by atoms with Crippen molar-refractivity contribution < 1.29 is 22.4 Å². The molecule has 1 N–H and O–H groups in total. The highest BCUT2D eigenvalue weighted by molar-refractivity contribution is 7.89. The molecule has 0 amide bonds. The molecule has 1 aliphatic rings. The predicted octanol–water partition coefficient (Wildman–Crippen LogP) is 0.628. The van der Waals surface area contributed by atoms with Crippen molar-refractivity contribution >= 4 is 10.0 Å². The zero-order chi connectivity index (χ0) is 14.9. The average molecular weight is 311 g/mol. The highest BCUT2D eigenvalue weighted by Gasteiger charge is 2.20. The van der Waals surface area contributed by atoms with Crippen LogP contribution in [0.3, 0.4) is 0 Å². The Morgan fingerprint density at radius 1 is 1.24 bits per heavy atom. The lowest BCUT2D eigenvalue weighted by molar-refractivity contribution is 0.171. The summed E-state index contributed by atoms with van der Waals surface area (Å²) >= 11 is 0. The van der Waals surface area contributed by atoms with Gasteiger partial charge in [-0.1, -0.05) is 5.16 Å². The lowest BCUT2D eigenvalue weighted by atomic mass is 10.3. The van der Waals surface area contributed by atoms with Crippen LogP contribution in [0.5, 0.6) is 11.5 Å². The minimum Gasteiger partial charge on any atom is -0.486 e. The number of benzene rings is 1. The summed E-state index contributed by atoms with van der Waals surface area (Å²) < 4.78 is 42.4. The SMILES string of the molecule is Cc1noc(CNS(=O)(=O)c2ccc3c(c2)OCCO3)n1. The van der Waals surface area contributed by atoms with Gasteiger partial charge >= 0.3 is 0 Å². The molecule has 1 aromatic carbocycles. The second-order valence-electron chi connectivity index (χ2n) is 4.37. The van der Waals surface area contributed by atoms with Crippen molar-refractivity contribution in [1.82, 2.24) is 14.9 Å². The molecule has 21 heavy (non-hydrogen) atoms. The smallest absolute Gasteiger partial charge is 0.241 e. The van der Waals surface area contributed by atoms with Crippen molar-refractivity contribution in [3.63, 3.8) is 0 Å². The topological polar surface area (TPSA) is 104 Å². The summed E-state index contributed by atoms with van der Waals surface area (Å²) in [6, 6.07) is 4.45. The zero-order valence-electron chi connectivity index (χ0n) is 11.2. The molecular weight excluding hydrogens is 298 g/mol. The van der Waals surface area contributed by atoms with Gasteiger partial charge in [0.1, 0.15) is 13.2 Å². The lowest BCUT2D eigenvalue weighted by Gasteiger charge is -2.18. The first-order valence-electron chi connectivity index (χ1n) is 6.23. The Morgan fingerprint density at radius 3 is 2.71 bits per heavy atom. The highest BCUT2D eigenvalue weighted by atomic mass is 32.2. The van der Waals surface area contributed by atoms with E-state index in [0.29, 0.717) is 30.5 Å². The number of hydrogen-bond donors (Lipinski definition) is 1. The number of ether oxygens (including phenoxy) is 2. The standard InChI is InChI=1S/C12H13N3O5S/c1-8-14-12(20-15-8)7-13-21(16,17)9-2-3-10-11(6-9)19-5-4-18-10/h2-3,6,13H,4-5,7H2,1H3. The summed E-state index contributed by atoms with van der Waals surface area (Å²) in [6.07, 6.45) is 0. The van der Waals surface area contributed by atoms with Crippen molar-refractivity contribution in [2.75, 3.05) is 13.2 Å². The molecule has 2 heterocycles. The Labute approximate surface area is 121 Å². The molecule has 0 fully saturated rings. The number of nitrogens with zero attached hydrogens (tertiary/aromatic N) is 2. The third-order valence-electron chi connectivity index (χ3n) is 2.81. The number of aromatic nitrogens is 2. The monoisotopic (exact) mass is 311 g/mol. The van der Waals surface area contributed by atoms with E-state index in [9.17, 15) is 8.42 Å². The van der Waals surface area contributed by atoms with E-state index < -0.39 is 10.0 Å². The third-order valence-corrected chi connectivity index (χ3v) is 4.21. The normalized spacial score (nSPS) is 14.1. The first-order valence-corrected chi connectivity index (χ1v) is 7.71. The quantitative estimate of drug-likeness (QED) is 0.883. The minimum absolute atomic E-state index is 0.0718. The minimum atomic E-state index is -3.70. The lowest BCUT2D eigenvalue weighted by Crippen LogP contribution is -2.24. The van der Waals surface area contributed by atoms with E-state index >= 15 is 0 Å². The third kappa shape index (κ3) is 2.98. The predicted molar refractivity (Wildman–Crippen MR) is 70.5 cm³/mol. The van der Waals surface area contributed by atoms with E-state index in [2.05, 4.69) is 14.9 Å². The van der Waals surface area contributed by atoms with Gasteiger partial charge in [0.25, 0.3) is 0 Å². The average Bonchev–Trinajstić information content (AvgIpc) is 2.90. The Morgan fingerprint density at radius 2 is 2.00 bits per heavy atom. The van der Waals surface area contributed by atoms with Gasteiger partial charge in [-0.15, -0.1) is 0 Å². The molecule has 0 aliphatic carbocycles. The number of rotatable bonds is 4. The van der Waals surface area contributed by atoms with Gasteiger partial charge in [-0.3, -0.25) is 0 Å². The first kappa shape index (κ1) is 13.8. The zero-order valence-corrected chi connectivity index (χ0v) is 12.0. The van der Waals surface area contributed by atoms with Crippen LogP contribution in [0.2, 0.25) is 0 Å². The molecule has 1 aromatic heterocycles. The molecule has 0 saturated carbocycles. The summed E-state index contributed by atoms with van der Waals surface area (Å²) in [5, 5.41) is 3.59. The van der Waals surface area contributed by atoms with Crippen LogP contribution in [0.4, 0.5) is 0 Å². The number of hydrogen-bond acceptors (Lipinski definition) is 7. The molecule has 112 valence electrons. The molecule has 0 spiro atoms. The summed E-state index contributed by atoms with van der Waals surface area (Å²) in [5.74, 6) is 1.60. The van der Waals surface area contributed by atoms with Crippen molar-refractivity contribution in [3.05, 3.63) is 29.9 Å². The Kier molecular flexibility index (Phi) is 3.52. The second-order valence-corrected chi connectivity index (χ2v) is 6.13. The fourth-order valence-corrected chi connectivity index (χ4v) is 2.83. The van der Waals surface area contributed by atoms with E-state index in [0.717, 1.165) is 0 Å². The van der Waals surface area contributed by atoms with Crippen LogP contribution in [-0.2, 0) is 16.6 Å². The van der Waals surface area contributed by atoms with E-state index in [-0.39, 0.29) is 17.3 Å². The summed E-state index contributed by atoms with van der Waals surface area (Å²) in [5.41, 5.74) is 0. The van der Waals surface area contributed by atoms with Crippen LogP contribution < -0.4 is 14.2 Å². The van der Waals surface area contributed by atoms with Crippen LogP contribution in [-0.4, -0.2) is 31.8 Å². The van der Waals surface area contributed by atoms with Crippen molar-refractivity contribution in [2.24, 2.45) is 0 Å². The van der Waals surface area contributed by atoms with Crippen LogP contribution in [0.1, 0.15) is 11.7 Å². The maximum Gasteiger partial charge on any atom is 0.241 e. The van der Waals surface area contributed by atoms with Gasteiger partial charge in [0.15, 0.2) is 17.3 Å². The van der Waals surface area contributed by atoms with E-state index in [1.54, 1.807) is 13.0 Å². The summed E-state index contributed by atoms with van der Waals surface area (Å²) in [6.45, 7) is 2.43. The molecule has 0 bridgehead atoms. The van der Waals surface area contributed by atoms with E-state index in [4.69, 9.17) is 14.0 Å². The Balaban J connectivity index is 1.78. The van der Waals surface area contributed by atoms with Gasteiger partial charge in [-0.05, 0) is 19.1 Å². The second kappa shape index (κ2) is 5.34. The number of aryl methyl sites for hydroxylation is 1. The molecule has 3 rings (SSSR count). The van der Waals surface area contributed by atoms with Crippen molar-refractivity contribution in [3.8, 4) is 11.5 Å². The number of fused-ring (bicyclic) bond motifs is 1. The van der Waals surface area contributed by atoms with Crippen LogP contribution >= 0.6 is 0 Å². The van der Waals surface area contributed by atoms with Gasteiger partial charge < -0.3 is 14.0 Å². The maximum absolute atomic E-state index is 12.2. The Hall–Kier alpha value is -2.13. The maximum atomic E-state index is 12.2. The van der Waals surface area contributed by atoms with Crippen molar-refractivity contribution in [1.29, 1.82) is 0 Å². The molecule has 2 aromatic rings. The molecule has 1 aliphatic heterocycles. The van der Waals surface area contributed by atoms with Gasteiger partial charge in [0, 0.05) is 6.07 Å². The highest BCUT2D eigenvalue weighted by Crippen LogP contribution is 2.32. The first-order chi connectivity index (χ1) is 10.0. The molecule has 0 unspecified atom stereocenters. The molecule has 9 heteroatoms. The molecule has 0 radical (unpaired) electrons.